The maximum absolute atomic E-state index is 11.7. The van der Waals surface area contributed by atoms with E-state index in [1.807, 2.05) is 0 Å². The second-order valence-corrected chi connectivity index (χ2v) is 5.22. The van der Waals surface area contributed by atoms with Crippen LogP contribution >= 0.6 is 0 Å². The van der Waals surface area contributed by atoms with E-state index in [4.69, 9.17) is 10.5 Å². The molecule has 0 fully saturated rings. The Bertz CT molecular complexity index is 546. The Morgan fingerprint density at radius 1 is 1.00 bits per heavy atom. The SMILES string of the molecule is COc1ccc(CC(=O)NNC(=O)CCCCCNC(N)=O)cc1. The van der Waals surface area contributed by atoms with Gasteiger partial charge in [0.2, 0.25) is 11.8 Å². The maximum atomic E-state index is 11.7. The zero-order valence-electron chi connectivity index (χ0n) is 13.8. The lowest BCUT2D eigenvalue weighted by molar-refractivity contribution is -0.128. The van der Waals surface area contributed by atoms with Gasteiger partial charge in [0.1, 0.15) is 5.75 Å². The molecule has 24 heavy (non-hydrogen) atoms. The Morgan fingerprint density at radius 2 is 1.67 bits per heavy atom. The molecule has 0 bridgehead atoms. The number of hydrogen-bond donors (Lipinski definition) is 4. The maximum Gasteiger partial charge on any atom is 0.312 e. The Hall–Kier alpha value is -2.77. The fourth-order valence-corrected chi connectivity index (χ4v) is 1.97. The molecule has 8 nitrogen and oxygen atoms in total. The van der Waals surface area contributed by atoms with E-state index in [0.717, 1.165) is 24.2 Å². The molecular weight excluding hydrogens is 312 g/mol. The summed E-state index contributed by atoms with van der Waals surface area (Å²) in [6.45, 7) is 0.496. The van der Waals surface area contributed by atoms with E-state index in [2.05, 4.69) is 16.2 Å². The molecule has 132 valence electrons. The van der Waals surface area contributed by atoms with E-state index < -0.39 is 6.03 Å². The highest BCUT2D eigenvalue weighted by molar-refractivity contribution is 5.83. The summed E-state index contributed by atoms with van der Waals surface area (Å²) in [5, 5.41) is 2.48. The van der Waals surface area contributed by atoms with Crippen LogP contribution in [0.3, 0.4) is 0 Å². The van der Waals surface area contributed by atoms with Crippen LogP contribution in [-0.4, -0.2) is 31.5 Å². The third kappa shape index (κ3) is 8.62. The number of primary amides is 1. The van der Waals surface area contributed by atoms with Crippen molar-refractivity contribution in [2.45, 2.75) is 32.1 Å². The summed E-state index contributed by atoms with van der Waals surface area (Å²) in [6, 6.07) is 6.58. The molecule has 8 heteroatoms. The third-order valence-corrected chi connectivity index (χ3v) is 3.24. The van der Waals surface area contributed by atoms with E-state index in [1.165, 1.54) is 0 Å². The number of carbonyl (C=O) groups is 3. The molecule has 1 rings (SSSR count). The van der Waals surface area contributed by atoms with E-state index in [0.29, 0.717) is 19.4 Å². The highest BCUT2D eigenvalue weighted by Gasteiger charge is 2.06. The van der Waals surface area contributed by atoms with Crippen molar-refractivity contribution in [1.82, 2.24) is 16.2 Å². The zero-order chi connectivity index (χ0) is 17.8. The van der Waals surface area contributed by atoms with Gasteiger partial charge >= 0.3 is 6.03 Å². The molecule has 0 unspecified atom stereocenters. The number of methoxy groups -OCH3 is 1. The highest BCUT2D eigenvalue weighted by atomic mass is 16.5. The third-order valence-electron chi connectivity index (χ3n) is 3.24. The lowest BCUT2D eigenvalue weighted by atomic mass is 10.1. The largest absolute Gasteiger partial charge is 0.497 e. The van der Waals surface area contributed by atoms with Crippen LogP contribution in [0, 0.1) is 0 Å². The van der Waals surface area contributed by atoms with Crippen molar-refractivity contribution in [2.24, 2.45) is 5.73 Å². The van der Waals surface area contributed by atoms with Crippen molar-refractivity contribution >= 4 is 17.8 Å². The molecule has 0 aliphatic heterocycles. The molecule has 1 aromatic rings. The first-order chi connectivity index (χ1) is 11.5. The molecule has 4 amide bonds. The summed E-state index contributed by atoms with van der Waals surface area (Å²) in [4.78, 5) is 33.8. The second-order valence-electron chi connectivity index (χ2n) is 5.22. The number of nitrogens with one attached hydrogen (secondary N) is 3. The highest BCUT2D eigenvalue weighted by Crippen LogP contribution is 2.11. The summed E-state index contributed by atoms with van der Waals surface area (Å²) >= 11 is 0. The van der Waals surface area contributed by atoms with Crippen LogP contribution in [0.4, 0.5) is 4.79 Å². The first-order valence-electron chi connectivity index (χ1n) is 7.75. The van der Waals surface area contributed by atoms with Crippen molar-refractivity contribution in [3.8, 4) is 5.75 Å². The standard InChI is InChI=1S/C16H24N4O4/c1-24-13-8-6-12(7-9-13)11-15(22)20-19-14(21)5-3-2-4-10-18-16(17)23/h6-9H,2-5,10-11H2,1H3,(H,19,21)(H,20,22)(H3,17,18,23). The van der Waals surface area contributed by atoms with Crippen molar-refractivity contribution < 1.29 is 19.1 Å². The van der Waals surface area contributed by atoms with Crippen LogP contribution in [0.15, 0.2) is 24.3 Å². The van der Waals surface area contributed by atoms with Gasteiger partial charge in [-0.3, -0.25) is 20.4 Å². The quantitative estimate of drug-likeness (QED) is 0.390. The minimum atomic E-state index is -0.549. The molecule has 0 aliphatic carbocycles. The average molecular weight is 336 g/mol. The van der Waals surface area contributed by atoms with Crippen LogP contribution < -0.4 is 26.6 Å². The fraction of sp³-hybridized carbons (Fsp3) is 0.438. The Labute approximate surface area is 141 Å². The van der Waals surface area contributed by atoms with Gasteiger partial charge in [-0.25, -0.2) is 4.79 Å². The summed E-state index contributed by atoms with van der Waals surface area (Å²) in [5.41, 5.74) is 10.5. The van der Waals surface area contributed by atoms with Crippen molar-refractivity contribution in [1.29, 1.82) is 0 Å². The molecule has 0 aliphatic rings. The molecule has 0 heterocycles. The van der Waals surface area contributed by atoms with Crippen LogP contribution in [0.25, 0.3) is 0 Å². The molecule has 0 spiro atoms. The number of nitrogens with two attached hydrogens (primary N) is 1. The number of benzene rings is 1. The predicted octanol–water partition coefficient (Wildman–Crippen LogP) is 0.614. The summed E-state index contributed by atoms with van der Waals surface area (Å²) in [6.07, 6.45) is 2.68. The molecule has 5 N–H and O–H groups in total. The summed E-state index contributed by atoms with van der Waals surface area (Å²) in [5.74, 6) is 0.179. The first kappa shape index (κ1) is 19.3. The van der Waals surface area contributed by atoms with E-state index >= 15 is 0 Å². The number of amides is 4. The van der Waals surface area contributed by atoms with Crippen molar-refractivity contribution in [3.63, 3.8) is 0 Å². The number of hydrogen-bond acceptors (Lipinski definition) is 4. The fourth-order valence-electron chi connectivity index (χ4n) is 1.97. The number of carbonyl (C=O) groups excluding carboxylic acids is 3. The molecule has 0 atom stereocenters. The first-order valence-corrected chi connectivity index (χ1v) is 7.75. The summed E-state index contributed by atoms with van der Waals surface area (Å²) < 4.78 is 5.04. The number of unbranched alkanes of at least 4 members (excludes halogenated alkanes) is 2. The Kier molecular flexibility index (Phi) is 8.73. The Balaban J connectivity index is 2.12. The lowest BCUT2D eigenvalue weighted by Crippen LogP contribution is -2.42. The minimum absolute atomic E-state index is 0.170. The van der Waals surface area contributed by atoms with Crippen LogP contribution in [0.2, 0.25) is 0 Å². The van der Waals surface area contributed by atoms with Gasteiger partial charge in [-0.05, 0) is 30.5 Å². The molecule has 1 aromatic carbocycles. The van der Waals surface area contributed by atoms with E-state index in [9.17, 15) is 14.4 Å². The number of ether oxygens (including phenoxy) is 1. The minimum Gasteiger partial charge on any atom is -0.497 e. The topological polar surface area (TPSA) is 123 Å². The number of rotatable bonds is 9. The van der Waals surface area contributed by atoms with Crippen molar-refractivity contribution in [3.05, 3.63) is 29.8 Å². The molecular formula is C16H24N4O4. The van der Waals surface area contributed by atoms with Crippen molar-refractivity contribution in [2.75, 3.05) is 13.7 Å². The monoisotopic (exact) mass is 336 g/mol. The Morgan fingerprint density at radius 3 is 2.29 bits per heavy atom. The zero-order valence-corrected chi connectivity index (χ0v) is 13.8. The van der Waals surface area contributed by atoms with Gasteiger partial charge in [-0.15, -0.1) is 0 Å². The number of hydrazine groups is 1. The van der Waals surface area contributed by atoms with Gasteiger partial charge in [-0.1, -0.05) is 18.6 Å². The average Bonchev–Trinajstić information content (AvgIpc) is 2.56. The lowest BCUT2D eigenvalue weighted by Gasteiger charge is -2.08. The van der Waals surface area contributed by atoms with Gasteiger partial charge in [0.25, 0.3) is 0 Å². The summed E-state index contributed by atoms with van der Waals surface area (Å²) in [7, 11) is 1.57. The van der Waals surface area contributed by atoms with Crippen LogP contribution in [0.5, 0.6) is 5.75 Å². The molecule has 0 radical (unpaired) electrons. The normalized spacial score (nSPS) is 9.88. The van der Waals surface area contributed by atoms with Gasteiger partial charge in [0, 0.05) is 13.0 Å². The molecule has 0 aromatic heterocycles. The predicted molar refractivity (Wildman–Crippen MR) is 89.0 cm³/mol. The second kappa shape index (κ2) is 10.9. The van der Waals surface area contributed by atoms with E-state index in [-0.39, 0.29) is 18.2 Å². The van der Waals surface area contributed by atoms with E-state index in [1.54, 1.807) is 31.4 Å². The van der Waals surface area contributed by atoms with Gasteiger partial charge < -0.3 is 15.8 Å². The smallest absolute Gasteiger partial charge is 0.312 e. The van der Waals surface area contributed by atoms with Crippen LogP contribution in [-0.2, 0) is 16.0 Å². The molecule has 0 saturated heterocycles. The number of urea groups is 1. The van der Waals surface area contributed by atoms with Gasteiger partial charge in [0.15, 0.2) is 0 Å². The van der Waals surface area contributed by atoms with Gasteiger partial charge in [0.05, 0.1) is 13.5 Å². The van der Waals surface area contributed by atoms with Crippen LogP contribution in [0.1, 0.15) is 31.2 Å². The molecule has 0 saturated carbocycles. The van der Waals surface area contributed by atoms with Gasteiger partial charge in [-0.2, -0.15) is 0 Å².